The number of hydrogen-bond donors (Lipinski definition) is 1. The zero-order valence-electron chi connectivity index (χ0n) is 9.47. The van der Waals surface area contributed by atoms with Crippen LogP contribution in [0.2, 0.25) is 0 Å². The van der Waals surface area contributed by atoms with Crippen molar-refractivity contribution in [2.75, 3.05) is 20.2 Å². The topological polar surface area (TPSA) is 88.2 Å². The van der Waals surface area contributed by atoms with Crippen LogP contribution in [0.4, 0.5) is 5.69 Å². The highest BCUT2D eigenvalue weighted by atomic mass is 16.6. The van der Waals surface area contributed by atoms with Crippen LogP contribution >= 0.6 is 0 Å². The fourth-order valence-corrected chi connectivity index (χ4v) is 1.27. The van der Waals surface area contributed by atoms with Crippen molar-refractivity contribution in [3.63, 3.8) is 0 Å². The van der Waals surface area contributed by atoms with Crippen molar-refractivity contribution in [3.05, 3.63) is 33.9 Å². The minimum absolute atomic E-state index is 0.0763. The third-order valence-electron chi connectivity index (χ3n) is 2.13. The molecule has 17 heavy (non-hydrogen) atoms. The van der Waals surface area contributed by atoms with E-state index in [9.17, 15) is 10.1 Å². The molecule has 0 saturated carbocycles. The van der Waals surface area contributed by atoms with Gasteiger partial charge < -0.3 is 10.1 Å². The molecule has 0 aromatic heterocycles. The maximum Gasteiger partial charge on any atom is 0.273 e. The molecule has 6 heteroatoms. The highest BCUT2D eigenvalue weighted by molar-refractivity contribution is 5.49. The van der Waals surface area contributed by atoms with Crippen LogP contribution in [-0.2, 0) is 0 Å². The first kappa shape index (κ1) is 12.9. The van der Waals surface area contributed by atoms with Gasteiger partial charge in [0, 0.05) is 6.07 Å². The van der Waals surface area contributed by atoms with E-state index >= 15 is 0 Å². The van der Waals surface area contributed by atoms with Crippen LogP contribution in [0.25, 0.3) is 0 Å². The fourth-order valence-electron chi connectivity index (χ4n) is 1.27. The average molecular weight is 235 g/mol. The van der Waals surface area contributed by atoms with E-state index in [1.165, 1.54) is 18.2 Å². The summed E-state index contributed by atoms with van der Waals surface area (Å²) in [5, 5.41) is 22.4. The van der Waals surface area contributed by atoms with E-state index in [1.54, 1.807) is 0 Å². The maximum atomic E-state index is 10.6. The van der Waals surface area contributed by atoms with Gasteiger partial charge in [0.2, 0.25) is 0 Å². The predicted octanol–water partition coefficient (Wildman–Crippen LogP) is 1.45. The molecular formula is C11H13N3O3. The number of hydrogen-bond acceptors (Lipinski definition) is 5. The lowest BCUT2D eigenvalue weighted by atomic mass is 10.2. The highest BCUT2D eigenvalue weighted by Gasteiger charge is 2.11. The van der Waals surface area contributed by atoms with Gasteiger partial charge in [-0.1, -0.05) is 0 Å². The quantitative estimate of drug-likeness (QED) is 0.458. The molecule has 90 valence electrons. The molecule has 0 amide bonds. The predicted molar refractivity (Wildman–Crippen MR) is 61.9 cm³/mol. The van der Waals surface area contributed by atoms with Crippen LogP contribution in [0.1, 0.15) is 12.0 Å². The fraction of sp³-hybridized carbons (Fsp3) is 0.364. The van der Waals surface area contributed by atoms with Gasteiger partial charge in [0.1, 0.15) is 11.8 Å². The Kier molecular flexibility index (Phi) is 4.91. The molecule has 0 aliphatic heterocycles. The second-order valence-corrected chi connectivity index (χ2v) is 3.35. The van der Waals surface area contributed by atoms with Crippen molar-refractivity contribution >= 4 is 5.69 Å². The molecule has 1 N–H and O–H groups in total. The van der Waals surface area contributed by atoms with Gasteiger partial charge >= 0.3 is 0 Å². The Labute approximate surface area is 99.0 Å². The lowest BCUT2D eigenvalue weighted by molar-refractivity contribution is -0.384. The monoisotopic (exact) mass is 235 g/mol. The van der Waals surface area contributed by atoms with Gasteiger partial charge in [0.25, 0.3) is 5.69 Å². The van der Waals surface area contributed by atoms with E-state index in [0.717, 1.165) is 13.0 Å². The summed E-state index contributed by atoms with van der Waals surface area (Å²) in [7, 11) is 1.83. The molecule has 0 aliphatic carbocycles. The van der Waals surface area contributed by atoms with Crippen molar-refractivity contribution < 1.29 is 9.66 Å². The lowest BCUT2D eigenvalue weighted by Crippen LogP contribution is -2.11. The molecule has 0 aliphatic rings. The molecule has 0 spiro atoms. The molecule has 1 aromatic rings. The molecule has 0 bridgehead atoms. The first-order valence-corrected chi connectivity index (χ1v) is 5.15. The summed E-state index contributed by atoms with van der Waals surface area (Å²) in [6.07, 6.45) is 0.768. The molecule has 0 saturated heterocycles. The number of nitrogens with one attached hydrogen (secondary N) is 1. The minimum atomic E-state index is -0.512. The molecule has 1 aromatic carbocycles. The number of nitro benzene ring substituents is 1. The Morgan fingerprint density at radius 1 is 1.59 bits per heavy atom. The Morgan fingerprint density at radius 2 is 2.35 bits per heavy atom. The Bertz CT molecular complexity index is 440. The van der Waals surface area contributed by atoms with Crippen molar-refractivity contribution in [2.45, 2.75) is 6.42 Å². The summed E-state index contributed by atoms with van der Waals surface area (Å²) in [4.78, 5) is 10.1. The van der Waals surface area contributed by atoms with E-state index < -0.39 is 4.92 Å². The molecule has 6 nitrogen and oxygen atoms in total. The molecule has 0 unspecified atom stereocenters. The number of nitro groups is 1. The third-order valence-corrected chi connectivity index (χ3v) is 2.13. The minimum Gasteiger partial charge on any atom is -0.492 e. The van der Waals surface area contributed by atoms with E-state index in [0.29, 0.717) is 12.2 Å². The standard InChI is InChI=1S/C11H13N3O3/c1-13-5-2-6-17-11-7-10(14(15)16)4-3-9(11)8-12/h3-4,7,13H,2,5-6H2,1H3. The highest BCUT2D eigenvalue weighted by Crippen LogP contribution is 2.24. The SMILES string of the molecule is CNCCCOc1cc([N+](=O)[O-])ccc1C#N. The van der Waals surface area contributed by atoms with Crippen molar-refractivity contribution in [1.82, 2.24) is 5.32 Å². The lowest BCUT2D eigenvalue weighted by Gasteiger charge is -2.07. The van der Waals surface area contributed by atoms with Gasteiger partial charge in [-0.15, -0.1) is 0 Å². The molecule has 0 radical (unpaired) electrons. The summed E-state index contributed by atoms with van der Waals surface area (Å²) in [5.41, 5.74) is 0.229. The van der Waals surface area contributed by atoms with E-state index in [1.807, 2.05) is 13.1 Å². The van der Waals surface area contributed by atoms with Gasteiger partial charge in [0.05, 0.1) is 23.2 Å². The average Bonchev–Trinajstić information content (AvgIpc) is 2.34. The zero-order chi connectivity index (χ0) is 12.7. The molecule has 0 heterocycles. The number of nitrogens with zero attached hydrogens (tertiary/aromatic N) is 2. The van der Waals surface area contributed by atoms with Gasteiger partial charge in [-0.2, -0.15) is 5.26 Å². The van der Waals surface area contributed by atoms with Crippen molar-refractivity contribution in [2.24, 2.45) is 0 Å². The Morgan fingerprint density at radius 3 is 2.94 bits per heavy atom. The normalized spacial score (nSPS) is 9.65. The van der Waals surface area contributed by atoms with Crippen molar-refractivity contribution in [3.8, 4) is 11.8 Å². The van der Waals surface area contributed by atoms with E-state index in [2.05, 4.69) is 5.32 Å². The number of benzene rings is 1. The summed E-state index contributed by atoms with van der Waals surface area (Å²) in [5.74, 6) is 0.262. The number of nitriles is 1. The first-order valence-electron chi connectivity index (χ1n) is 5.15. The van der Waals surface area contributed by atoms with Gasteiger partial charge in [-0.3, -0.25) is 10.1 Å². The number of ether oxygens (including phenoxy) is 1. The summed E-state index contributed by atoms with van der Waals surface area (Å²) < 4.78 is 5.35. The van der Waals surface area contributed by atoms with Crippen LogP contribution in [0.15, 0.2) is 18.2 Å². The molecule has 1 rings (SSSR count). The molecule has 0 atom stereocenters. The van der Waals surface area contributed by atoms with Crippen LogP contribution in [0.3, 0.4) is 0 Å². The smallest absolute Gasteiger partial charge is 0.273 e. The Hall–Kier alpha value is -2.13. The van der Waals surface area contributed by atoms with Crippen LogP contribution in [0, 0.1) is 21.4 Å². The largest absolute Gasteiger partial charge is 0.492 e. The van der Waals surface area contributed by atoms with E-state index in [-0.39, 0.29) is 11.4 Å². The summed E-state index contributed by atoms with van der Waals surface area (Å²) >= 11 is 0. The van der Waals surface area contributed by atoms with Gasteiger partial charge in [-0.25, -0.2) is 0 Å². The molecule has 0 fully saturated rings. The second kappa shape index (κ2) is 6.45. The second-order valence-electron chi connectivity index (χ2n) is 3.35. The first-order chi connectivity index (χ1) is 8.19. The molecular weight excluding hydrogens is 222 g/mol. The summed E-state index contributed by atoms with van der Waals surface area (Å²) in [6, 6.07) is 5.90. The van der Waals surface area contributed by atoms with Crippen LogP contribution in [0.5, 0.6) is 5.75 Å². The van der Waals surface area contributed by atoms with Crippen LogP contribution in [-0.4, -0.2) is 25.1 Å². The third kappa shape index (κ3) is 3.74. The zero-order valence-corrected chi connectivity index (χ0v) is 9.47. The van der Waals surface area contributed by atoms with Crippen LogP contribution < -0.4 is 10.1 Å². The van der Waals surface area contributed by atoms with Gasteiger partial charge in [-0.05, 0) is 26.1 Å². The number of rotatable bonds is 6. The maximum absolute atomic E-state index is 10.6. The summed E-state index contributed by atoms with van der Waals surface area (Å²) in [6.45, 7) is 1.20. The number of non-ortho nitro benzene ring substituents is 1. The van der Waals surface area contributed by atoms with Crippen molar-refractivity contribution in [1.29, 1.82) is 5.26 Å². The van der Waals surface area contributed by atoms with Gasteiger partial charge in [0.15, 0.2) is 0 Å². The Balaban J connectivity index is 2.77. The van der Waals surface area contributed by atoms with E-state index in [4.69, 9.17) is 10.00 Å².